The molecule has 1 aromatic rings. The van der Waals surface area contributed by atoms with E-state index in [1.807, 2.05) is 18.3 Å². The van der Waals surface area contributed by atoms with E-state index >= 15 is 0 Å². The maximum absolute atomic E-state index is 4.25. The van der Waals surface area contributed by atoms with Crippen LogP contribution in [-0.2, 0) is 6.42 Å². The van der Waals surface area contributed by atoms with Crippen molar-refractivity contribution >= 4 is 22.6 Å². The Labute approximate surface area is 81.4 Å². The molecule has 0 aliphatic heterocycles. The van der Waals surface area contributed by atoms with Crippen molar-refractivity contribution in [2.24, 2.45) is 0 Å². The lowest BCUT2D eigenvalue weighted by Crippen LogP contribution is -1.88. The number of halogens is 1. The van der Waals surface area contributed by atoms with Crippen LogP contribution in [0.5, 0.6) is 0 Å². The highest BCUT2D eigenvalue weighted by atomic mass is 127. The minimum atomic E-state index is 1.13. The largest absolute Gasteiger partial charge is 0.261 e. The van der Waals surface area contributed by atoms with Crippen LogP contribution in [0.2, 0.25) is 0 Å². The fourth-order valence-electron chi connectivity index (χ4n) is 0.947. The standard InChI is InChI=1S/C9H12IN/c10-7-3-1-5-9-6-2-4-8-11-9/h2,4,6,8H,1,3,5,7H2. The molecule has 0 spiro atoms. The topological polar surface area (TPSA) is 12.9 Å². The fraction of sp³-hybridized carbons (Fsp3) is 0.444. The Kier molecular flexibility index (Phi) is 4.50. The number of aromatic nitrogens is 1. The molecule has 0 fully saturated rings. The van der Waals surface area contributed by atoms with E-state index in [1.165, 1.54) is 23.0 Å². The van der Waals surface area contributed by atoms with Crippen LogP contribution >= 0.6 is 22.6 Å². The normalized spacial score (nSPS) is 9.91. The first-order valence-corrected chi connectivity index (χ1v) is 5.42. The van der Waals surface area contributed by atoms with Crippen LogP contribution in [0.1, 0.15) is 18.5 Å². The second-order valence-corrected chi connectivity index (χ2v) is 3.55. The first kappa shape index (κ1) is 8.97. The highest BCUT2D eigenvalue weighted by Gasteiger charge is 1.91. The predicted octanol–water partition coefficient (Wildman–Crippen LogP) is 2.84. The summed E-state index contributed by atoms with van der Waals surface area (Å²) in [4.78, 5) is 4.25. The van der Waals surface area contributed by atoms with Crippen LogP contribution in [0.3, 0.4) is 0 Å². The molecule has 0 aliphatic carbocycles. The maximum Gasteiger partial charge on any atom is 0.0403 e. The number of unbranched alkanes of at least 4 members (excludes halogenated alkanes) is 1. The number of aryl methyl sites for hydroxylation is 1. The van der Waals surface area contributed by atoms with Crippen molar-refractivity contribution in [1.82, 2.24) is 4.98 Å². The Morgan fingerprint density at radius 1 is 1.27 bits per heavy atom. The summed E-state index contributed by atoms with van der Waals surface area (Å²) >= 11 is 2.41. The predicted molar refractivity (Wildman–Crippen MR) is 56.1 cm³/mol. The van der Waals surface area contributed by atoms with E-state index in [1.54, 1.807) is 0 Å². The maximum atomic E-state index is 4.25. The van der Waals surface area contributed by atoms with E-state index in [0.717, 1.165) is 6.42 Å². The zero-order valence-electron chi connectivity index (χ0n) is 6.46. The number of alkyl halides is 1. The highest BCUT2D eigenvalue weighted by molar-refractivity contribution is 14.1. The number of hydrogen-bond acceptors (Lipinski definition) is 1. The average molecular weight is 261 g/mol. The monoisotopic (exact) mass is 261 g/mol. The molecular formula is C9H12IN. The van der Waals surface area contributed by atoms with Crippen LogP contribution in [-0.4, -0.2) is 9.41 Å². The highest BCUT2D eigenvalue weighted by Crippen LogP contribution is 2.02. The smallest absolute Gasteiger partial charge is 0.0403 e. The molecule has 0 atom stereocenters. The van der Waals surface area contributed by atoms with Gasteiger partial charge in [-0.05, 0) is 35.8 Å². The molecule has 0 aliphatic rings. The first-order valence-electron chi connectivity index (χ1n) is 3.89. The zero-order valence-corrected chi connectivity index (χ0v) is 8.62. The third-order valence-corrected chi connectivity index (χ3v) is 2.31. The van der Waals surface area contributed by atoms with Gasteiger partial charge >= 0.3 is 0 Å². The first-order chi connectivity index (χ1) is 5.43. The molecule has 2 heteroatoms. The van der Waals surface area contributed by atoms with Crippen molar-refractivity contribution < 1.29 is 0 Å². The number of hydrogen-bond donors (Lipinski definition) is 0. The summed E-state index contributed by atoms with van der Waals surface area (Å²) in [5.41, 5.74) is 1.22. The Balaban J connectivity index is 2.28. The second kappa shape index (κ2) is 5.52. The third kappa shape index (κ3) is 3.70. The molecule has 0 unspecified atom stereocenters. The van der Waals surface area contributed by atoms with Gasteiger partial charge in [0.15, 0.2) is 0 Å². The molecule has 0 radical (unpaired) electrons. The van der Waals surface area contributed by atoms with Gasteiger partial charge in [0.2, 0.25) is 0 Å². The summed E-state index contributed by atoms with van der Waals surface area (Å²) in [5, 5.41) is 0. The average Bonchev–Trinajstić information content (AvgIpc) is 2.07. The van der Waals surface area contributed by atoms with Crippen LogP contribution in [0, 0.1) is 0 Å². The molecule has 1 heterocycles. The summed E-state index contributed by atoms with van der Waals surface area (Å²) in [7, 11) is 0. The van der Waals surface area contributed by atoms with Crippen molar-refractivity contribution in [3.8, 4) is 0 Å². The zero-order chi connectivity index (χ0) is 7.94. The van der Waals surface area contributed by atoms with Gasteiger partial charge in [0.25, 0.3) is 0 Å². The molecule has 0 N–H and O–H groups in total. The third-order valence-electron chi connectivity index (χ3n) is 1.54. The van der Waals surface area contributed by atoms with Crippen LogP contribution in [0.4, 0.5) is 0 Å². The molecule has 0 saturated heterocycles. The molecule has 0 amide bonds. The molecule has 1 rings (SSSR count). The summed E-state index contributed by atoms with van der Waals surface area (Å²) in [6.07, 6.45) is 5.56. The molecule has 60 valence electrons. The molecule has 11 heavy (non-hydrogen) atoms. The van der Waals surface area contributed by atoms with Crippen LogP contribution in [0.25, 0.3) is 0 Å². The van der Waals surface area contributed by atoms with Crippen molar-refractivity contribution in [3.05, 3.63) is 30.1 Å². The lowest BCUT2D eigenvalue weighted by Gasteiger charge is -1.96. The Morgan fingerprint density at radius 3 is 2.82 bits per heavy atom. The number of nitrogens with zero attached hydrogens (tertiary/aromatic N) is 1. The molecule has 0 saturated carbocycles. The minimum absolute atomic E-state index is 1.13. The van der Waals surface area contributed by atoms with Crippen molar-refractivity contribution in [2.75, 3.05) is 4.43 Å². The number of pyridine rings is 1. The van der Waals surface area contributed by atoms with Gasteiger partial charge in [-0.1, -0.05) is 28.7 Å². The van der Waals surface area contributed by atoms with Crippen LogP contribution in [0.15, 0.2) is 24.4 Å². The minimum Gasteiger partial charge on any atom is -0.261 e. The van der Waals surface area contributed by atoms with Gasteiger partial charge in [-0.3, -0.25) is 4.98 Å². The lowest BCUT2D eigenvalue weighted by atomic mass is 10.2. The van der Waals surface area contributed by atoms with Crippen molar-refractivity contribution in [1.29, 1.82) is 0 Å². The van der Waals surface area contributed by atoms with E-state index in [-0.39, 0.29) is 0 Å². The molecular weight excluding hydrogens is 249 g/mol. The molecule has 0 bridgehead atoms. The Bertz CT molecular complexity index is 186. The summed E-state index contributed by atoms with van der Waals surface area (Å²) < 4.78 is 1.25. The van der Waals surface area contributed by atoms with Gasteiger partial charge < -0.3 is 0 Å². The van der Waals surface area contributed by atoms with E-state index in [0.29, 0.717) is 0 Å². The summed E-state index contributed by atoms with van der Waals surface area (Å²) in [5.74, 6) is 0. The van der Waals surface area contributed by atoms with Crippen LogP contribution < -0.4 is 0 Å². The molecule has 1 nitrogen and oxygen atoms in total. The van der Waals surface area contributed by atoms with Gasteiger partial charge in [-0.25, -0.2) is 0 Å². The fourth-order valence-corrected chi connectivity index (χ4v) is 1.49. The Hall–Kier alpha value is -0.120. The van der Waals surface area contributed by atoms with E-state index < -0.39 is 0 Å². The summed E-state index contributed by atoms with van der Waals surface area (Å²) in [6, 6.07) is 6.10. The summed E-state index contributed by atoms with van der Waals surface area (Å²) in [6.45, 7) is 0. The molecule has 0 aromatic carbocycles. The molecule has 1 aromatic heterocycles. The quantitative estimate of drug-likeness (QED) is 0.461. The van der Waals surface area contributed by atoms with E-state index in [2.05, 4.69) is 33.6 Å². The number of rotatable bonds is 4. The second-order valence-electron chi connectivity index (χ2n) is 2.47. The van der Waals surface area contributed by atoms with Gasteiger partial charge in [-0.15, -0.1) is 0 Å². The lowest BCUT2D eigenvalue weighted by molar-refractivity contribution is 0.789. The Morgan fingerprint density at radius 2 is 2.18 bits per heavy atom. The van der Waals surface area contributed by atoms with Gasteiger partial charge in [-0.2, -0.15) is 0 Å². The van der Waals surface area contributed by atoms with E-state index in [9.17, 15) is 0 Å². The van der Waals surface area contributed by atoms with E-state index in [4.69, 9.17) is 0 Å². The van der Waals surface area contributed by atoms with Gasteiger partial charge in [0.1, 0.15) is 0 Å². The van der Waals surface area contributed by atoms with Gasteiger partial charge in [0.05, 0.1) is 0 Å². The SMILES string of the molecule is ICCCCc1ccccn1. The van der Waals surface area contributed by atoms with Crippen molar-refractivity contribution in [2.45, 2.75) is 19.3 Å². The van der Waals surface area contributed by atoms with Gasteiger partial charge in [0, 0.05) is 11.9 Å². The van der Waals surface area contributed by atoms with Crippen molar-refractivity contribution in [3.63, 3.8) is 0 Å².